The van der Waals surface area contributed by atoms with Crippen molar-refractivity contribution in [2.24, 2.45) is 0 Å². The Morgan fingerprint density at radius 3 is 1.79 bits per heavy atom. The van der Waals surface area contributed by atoms with Crippen molar-refractivity contribution in [1.29, 1.82) is 0 Å². The number of halogens is 6. The van der Waals surface area contributed by atoms with Crippen molar-refractivity contribution in [2.75, 3.05) is 20.7 Å². The summed E-state index contributed by atoms with van der Waals surface area (Å²) in [6.45, 7) is 1.80. The maximum atomic E-state index is 9.84. The topological polar surface area (TPSA) is 40.8 Å². The van der Waals surface area contributed by atoms with Gasteiger partial charge in [0.05, 0.1) is 6.61 Å². The van der Waals surface area contributed by atoms with Gasteiger partial charge in [-0.15, -0.1) is 0 Å². The van der Waals surface area contributed by atoms with Gasteiger partial charge in [-0.3, -0.25) is 0 Å². The van der Waals surface area contributed by atoms with E-state index in [0.717, 1.165) is 23.6 Å². The van der Waals surface area contributed by atoms with Gasteiger partial charge in [0, 0.05) is 24.8 Å². The largest absolute Gasteiger partial charge is 1.00 e. The summed E-state index contributed by atoms with van der Waals surface area (Å²) in [6, 6.07) is 21.8. The summed E-state index contributed by atoms with van der Waals surface area (Å²) >= 11 is 0. The van der Waals surface area contributed by atoms with Crippen LogP contribution in [0.25, 0.3) is 0 Å². The molecule has 0 aliphatic carbocycles. The van der Waals surface area contributed by atoms with Crippen molar-refractivity contribution < 1.29 is 49.2 Å². The van der Waals surface area contributed by atoms with E-state index in [4.69, 9.17) is 18.9 Å². The summed E-state index contributed by atoms with van der Waals surface area (Å²) < 4.78 is 72.7. The number of rotatable bonds is 10. The van der Waals surface area contributed by atoms with Crippen LogP contribution in [0.2, 0.25) is 0 Å². The normalized spacial score (nSPS) is 11.8. The second-order valence-electron chi connectivity index (χ2n) is 6.64. The monoisotopic (exact) mass is 511 g/mol. The molecule has 12 heteroatoms. The molecule has 1 heterocycles. The Kier molecular flexibility index (Phi) is 11.8. The molecule has 2 aromatic carbocycles. The molecule has 0 amide bonds. The molecule has 34 heavy (non-hydrogen) atoms. The van der Waals surface area contributed by atoms with Gasteiger partial charge in [0.2, 0.25) is 0 Å². The minimum atomic E-state index is -8.55. The first-order chi connectivity index (χ1) is 15.6. The molecule has 0 spiro atoms. The quantitative estimate of drug-likeness (QED) is 0.137. The first-order valence-electron chi connectivity index (χ1n) is 9.62. The average molecular weight is 511 g/mol. The zero-order chi connectivity index (χ0) is 24.2. The van der Waals surface area contributed by atoms with Gasteiger partial charge < -0.3 is 23.7 Å². The molecule has 5 nitrogen and oxygen atoms in total. The van der Waals surface area contributed by atoms with Crippen LogP contribution in [0.15, 0.2) is 79.1 Å². The van der Waals surface area contributed by atoms with Gasteiger partial charge in [0.1, 0.15) is 11.5 Å². The molecule has 0 N–H and O–H groups in total. The number of nitrogens with zero attached hydrogens (tertiary/aromatic N) is 1. The average Bonchev–Trinajstić information content (AvgIpc) is 2.76. The van der Waals surface area contributed by atoms with Gasteiger partial charge in [0.15, 0.2) is 32.5 Å². The van der Waals surface area contributed by atoms with Gasteiger partial charge >= 0.3 is 29.1 Å². The van der Waals surface area contributed by atoms with E-state index in [9.17, 15) is 21.0 Å². The van der Waals surface area contributed by atoms with Crippen LogP contribution in [0, 0.1) is 0 Å². The van der Waals surface area contributed by atoms with E-state index in [0.29, 0.717) is 6.61 Å². The predicted octanol–water partition coefficient (Wildman–Crippen LogP) is 3.52. The summed E-state index contributed by atoms with van der Waals surface area (Å²) in [7, 11) is -6.94. The fraction of sp³-hybridized carbons (Fsp3) is 0.227. The van der Waals surface area contributed by atoms with Gasteiger partial charge in [-0.1, -0.05) is 18.2 Å². The molecular weight excluding hydrogens is 487 g/mol. The molecule has 0 unspecified atom stereocenters. The summed E-state index contributed by atoms with van der Waals surface area (Å²) in [5.74, 6) is 1.61. The van der Waals surface area contributed by atoms with Crippen LogP contribution in [-0.2, 0) is 22.6 Å². The molecule has 0 aliphatic rings. The van der Waals surface area contributed by atoms with Crippen LogP contribution in [0.4, 0.5) is 21.0 Å². The fourth-order valence-corrected chi connectivity index (χ4v) is 2.50. The Balaban J connectivity index is 0.000000735. The Morgan fingerprint density at radius 2 is 1.24 bits per heavy atom. The number of hydrogen-bond acceptors (Lipinski definition) is 4. The van der Waals surface area contributed by atoms with E-state index in [2.05, 4.69) is 28.8 Å². The maximum Gasteiger partial charge on any atom is -1.00 e. The second-order valence-corrected chi connectivity index (χ2v) is 7.91. The Hall–Kier alpha value is -2.88. The van der Waals surface area contributed by atoms with E-state index in [1.165, 1.54) is 5.56 Å². The summed E-state index contributed by atoms with van der Waals surface area (Å²) in [5, 5.41) is 0. The molecule has 188 valence electrons. The van der Waals surface area contributed by atoms with E-state index in [-0.39, 0.29) is 18.3 Å². The summed E-state index contributed by atoms with van der Waals surface area (Å²) in [4.78, 5) is 0. The van der Waals surface area contributed by atoms with Gasteiger partial charge in [-0.25, -0.2) is 4.57 Å². The molecule has 0 saturated carbocycles. The third kappa shape index (κ3) is 14.3. The molecule has 0 radical (unpaired) electrons. The van der Waals surface area contributed by atoms with Crippen LogP contribution >= 0.6 is 8.16 Å². The maximum absolute atomic E-state index is 9.84. The molecule has 0 saturated heterocycles. The zero-order valence-corrected chi connectivity index (χ0v) is 19.0. The third-order valence-corrected chi connectivity index (χ3v) is 3.91. The van der Waals surface area contributed by atoms with Crippen molar-refractivity contribution in [1.82, 2.24) is 0 Å². The van der Waals surface area contributed by atoms with Crippen molar-refractivity contribution in [2.45, 2.75) is 13.2 Å². The standard InChI is InChI=1S/C22H24NO4.F5P.FH/c1-24-17-26-22-9-7-19(8-10-22)15-23-13-11-20(12-14-23)16-25-18-27-21-5-3-2-4-6-21;1-6(2,3,4)5;/h2-14H,15-18H2,1H3;;1H/q+1;;/p-1. The zero-order valence-electron chi connectivity index (χ0n) is 18.1. The molecule has 0 bridgehead atoms. The molecule has 3 rings (SSSR count). The van der Waals surface area contributed by atoms with Crippen molar-refractivity contribution in [3.05, 3.63) is 90.3 Å². The van der Waals surface area contributed by atoms with Gasteiger partial charge in [0.25, 0.3) is 0 Å². The molecule has 1 aromatic heterocycles. The van der Waals surface area contributed by atoms with Crippen LogP contribution < -0.4 is 18.7 Å². The fourth-order valence-electron chi connectivity index (χ4n) is 2.50. The number of methoxy groups -OCH3 is 1. The number of para-hydroxylation sites is 1. The van der Waals surface area contributed by atoms with Crippen LogP contribution in [0.5, 0.6) is 11.5 Å². The minimum Gasteiger partial charge on any atom is -1.00 e. The SMILES string of the molecule is COCOc1ccc(C[n+]2ccc(COCOc3ccccc3)cc2)cc1.FP(F)(F)(F)F.[F-]. The van der Waals surface area contributed by atoms with Gasteiger partial charge in [-0.05, 0) is 42.0 Å². The first-order valence-corrected chi connectivity index (χ1v) is 11.3. The summed E-state index contributed by atoms with van der Waals surface area (Å²) in [5.41, 5.74) is 2.30. The Morgan fingerprint density at radius 1 is 0.706 bits per heavy atom. The molecule has 0 atom stereocenters. The molecule has 3 aromatic rings. The van der Waals surface area contributed by atoms with Crippen molar-refractivity contribution >= 4 is 8.16 Å². The van der Waals surface area contributed by atoms with Crippen molar-refractivity contribution in [3.8, 4) is 11.5 Å². The smallest absolute Gasteiger partial charge is 1.00 e. The number of ether oxygens (including phenoxy) is 4. The number of benzene rings is 2. The van der Waals surface area contributed by atoms with E-state index < -0.39 is 8.16 Å². The van der Waals surface area contributed by atoms with E-state index in [1.807, 2.05) is 54.9 Å². The van der Waals surface area contributed by atoms with Crippen LogP contribution in [0.3, 0.4) is 0 Å². The molecule has 0 aliphatic heterocycles. The van der Waals surface area contributed by atoms with E-state index >= 15 is 0 Å². The summed E-state index contributed by atoms with van der Waals surface area (Å²) in [6.07, 6.45) is 4.10. The predicted molar refractivity (Wildman–Crippen MR) is 114 cm³/mol. The van der Waals surface area contributed by atoms with Crippen LogP contribution in [-0.4, -0.2) is 20.7 Å². The van der Waals surface area contributed by atoms with Gasteiger partial charge in [-0.2, -0.15) is 0 Å². The number of hydrogen-bond donors (Lipinski definition) is 0. The third-order valence-electron chi connectivity index (χ3n) is 3.91. The van der Waals surface area contributed by atoms with E-state index in [1.54, 1.807) is 7.11 Å². The Labute approximate surface area is 193 Å². The molecule has 0 fully saturated rings. The Bertz CT molecular complexity index is 938. The number of pyridine rings is 1. The number of aromatic nitrogens is 1. The minimum absolute atomic E-state index is 0. The van der Waals surface area contributed by atoms with Crippen molar-refractivity contribution in [3.63, 3.8) is 0 Å². The van der Waals surface area contributed by atoms with Crippen LogP contribution in [0.1, 0.15) is 11.1 Å². The first kappa shape index (κ1) is 29.2. The molecular formula is C22H24F6NO4P. The second kappa shape index (κ2) is 13.7.